The van der Waals surface area contributed by atoms with E-state index >= 15 is 0 Å². The number of benzene rings is 2. The summed E-state index contributed by atoms with van der Waals surface area (Å²) < 4.78 is 24.8. The first kappa shape index (κ1) is 17.9. The van der Waals surface area contributed by atoms with Crippen LogP contribution in [-0.2, 0) is 0 Å². The molecule has 2 aromatic carbocycles. The molecule has 7 nitrogen and oxygen atoms in total. The Morgan fingerprint density at radius 2 is 1.77 bits per heavy atom. The molecule has 0 atom stereocenters. The molecule has 8 heteroatoms. The first-order valence-corrected chi connectivity index (χ1v) is 9.21. The van der Waals surface area contributed by atoms with E-state index < -0.39 is 0 Å². The SMILES string of the molecule is Cc1ccc(Nc2nc3cc(F)ccc3o2)cc1Nc1ncc(-c2ccncc2)o1. The number of anilines is 4. The van der Waals surface area contributed by atoms with Gasteiger partial charge < -0.3 is 19.5 Å². The minimum absolute atomic E-state index is 0.279. The number of aryl methyl sites for hydroxylation is 1. The van der Waals surface area contributed by atoms with E-state index in [1.54, 1.807) is 24.7 Å². The van der Waals surface area contributed by atoms with Crippen molar-refractivity contribution in [3.63, 3.8) is 0 Å². The van der Waals surface area contributed by atoms with Crippen LogP contribution >= 0.6 is 0 Å². The number of rotatable bonds is 5. The van der Waals surface area contributed by atoms with Gasteiger partial charge in [0.05, 0.1) is 6.20 Å². The fourth-order valence-electron chi connectivity index (χ4n) is 3.01. The molecule has 3 aromatic heterocycles. The van der Waals surface area contributed by atoms with Gasteiger partial charge in [-0.1, -0.05) is 6.07 Å². The Labute approximate surface area is 170 Å². The first-order chi connectivity index (χ1) is 14.6. The number of oxazole rings is 2. The van der Waals surface area contributed by atoms with Crippen molar-refractivity contribution < 1.29 is 13.2 Å². The highest BCUT2D eigenvalue weighted by Gasteiger charge is 2.10. The maximum absolute atomic E-state index is 13.4. The first-order valence-electron chi connectivity index (χ1n) is 9.21. The molecule has 0 fully saturated rings. The highest BCUT2D eigenvalue weighted by Crippen LogP contribution is 2.29. The molecule has 5 aromatic rings. The van der Waals surface area contributed by atoms with Crippen LogP contribution in [-0.4, -0.2) is 15.0 Å². The van der Waals surface area contributed by atoms with Gasteiger partial charge in [0.2, 0.25) is 0 Å². The van der Waals surface area contributed by atoms with Crippen LogP contribution < -0.4 is 10.6 Å². The lowest BCUT2D eigenvalue weighted by atomic mass is 10.2. The minimum atomic E-state index is -0.360. The average Bonchev–Trinajstić information content (AvgIpc) is 3.37. The number of halogens is 1. The van der Waals surface area contributed by atoms with Gasteiger partial charge in [0.1, 0.15) is 11.3 Å². The van der Waals surface area contributed by atoms with Gasteiger partial charge in [-0.25, -0.2) is 9.37 Å². The molecule has 148 valence electrons. The predicted molar refractivity (Wildman–Crippen MR) is 111 cm³/mol. The Balaban J connectivity index is 1.37. The summed E-state index contributed by atoms with van der Waals surface area (Å²) in [5, 5.41) is 6.29. The van der Waals surface area contributed by atoms with Crippen molar-refractivity contribution in [3.8, 4) is 11.3 Å². The van der Waals surface area contributed by atoms with E-state index in [1.807, 2.05) is 37.3 Å². The number of hydrogen-bond acceptors (Lipinski definition) is 7. The van der Waals surface area contributed by atoms with Gasteiger partial charge in [-0.15, -0.1) is 0 Å². The number of pyridine rings is 1. The Kier molecular flexibility index (Phi) is 4.36. The molecule has 0 unspecified atom stereocenters. The highest BCUT2D eigenvalue weighted by atomic mass is 19.1. The van der Waals surface area contributed by atoms with E-state index in [-0.39, 0.29) is 11.8 Å². The maximum Gasteiger partial charge on any atom is 0.300 e. The largest absolute Gasteiger partial charge is 0.423 e. The Bertz CT molecular complexity index is 1330. The predicted octanol–water partition coefficient (Wildman–Crippen LogP) is 5.81. The molecule has 0 spiro atoms. The fraction of sp³-hybridized carbons (Fsp3) is 0.0455. The van der Waals surface area contributed by atoms with Crippen LogP contribution in [0.5, 0.6) is 0 Å². The molecule has 0 aliphatic carbocycles. The van der Waals surface area contributed by atoms with Crippen molar-refractivity contribution in [1.29, 1.82) is 0 Å². The van der Waals surface area contributed by atoms with Gasteiger partial charge in [-0.05, 0) is 48.9 Å². The number of nitrogens with zero attached hydrogens (tertiary/aromatic N) is 3. The van der Waals surface area contributed by atoms with Crippen LogP contribution in [0, 0.1) is 12.7 Å². The molecule has 0 amide bonds. The maximum atomic E-state index is 13.4. The summed E-state index contributed by atoms with van der Waals surface area (Å²) in [5.74, 6) is 0.284. The van der Waals surface area contributed by atoms with Crippen LogP contribution in [0.15, 0.2) is 76.0 Å². The van der Waals surface area contributed by atoms with Crippen molar-refractivity contribution in [2.75, 3.05) is 10.6 Å². The van der Waals surface area contributed by atoms with E-state index in [1.165, 1.54) is 12.1 Å². The second-order valence-corrected chi connectivity index (χ2v) is 6.68. The molecule has 0 aliphatic heterocycles. The number of nitrogens with one attached hydrogen (secondary N) is 2. The van der Waals surface area contributed by atoms with Gasteiger partial charge in [0, 0.05) is 35.4 Å². The van der Waals surface area contributed by atoms with E-state index in [4.69, 9.17) is 8.83 Å². The number of fused-ring (bicyclic) bond motifs is 1. The van der Waals surface area contributed by atoms with Crippen molar-refractivity contribution in [1.82, 2.24) is 15.0 Å². The zero-order valence-corrected chi connectivity index (χ0v) is 15.9. The van der Waals surface area contributed by atoms with Crippen LogP contribution in [0.2, 0.25) is 0 Å². The summed E-state index contributed by atoms with van der Waals surface area (Å²) in [4.78, 5) is 12.6. The average molecular weight is 401 g/mol. The summed E-state index contributed by atoms with van der Waals surface area (Å²) in [7, 11) is 0. The second-order valence-electron chi connectivity index (χ2n) is 6.68. The highest BCUT2D eigenvalue weighted by molar-refractivity contribution is 5.76. The van der Waals surface area contributed by atoms with E-state index in [0.29, 0.717) is 22.9 Å². The molecule has 30 heavy (non-hydrogen) atoms. The van der Waals surface area contributed by atoms with Gasteiger partial charge in [0.25, 0.3) is 12.0 Å². The number of aromatic nitrogens is 3. The van der Waals surface area contributed by atoms with Crippen molar-refractivity contribution >= 4 is 34.5 Å². The third kappa shape index (κ3) is 3.58. The zero-order valence-electron chi connectivity index (χ0n) is 15.9. The van der Waals surface area contributed by atoms with Gasteiger partial charge in [-0.3, -0.25) is 4.98 Å². The summed E-state index contributed by atoms with van der Waals surface area (Å²) in [6, 6.07) is 14.3. The van der Waals surface area contributed by atoms with Crippen LogP contribution in [0.3, 0.4) is 0 Å². The van der Waals surface area contributed by atoms with Gasteiger partial charge >= 0.3 is 0 Å². The van der Waals surface area contributed by atoms with E-state index in [2.05, 4.69) is 25.6 Å². The molecule has 0 saturated carbocycles. The summed E-state index contributed by atoms with van der Waals surface area (Å²) in [5.41, 5.74) is 4.41. The quantitative estimate of drug-likeness (QED) is 0.384. The molecule has 0 aliphatic rings. The molecule has 0 radical (unpaired) electrons. The van der Waals surface area contributed by atoms with Crippen LogP contribution in [0.25, 0.3) is 22.4 Å². The normalized spacial score (nSPS) is 11.0. The molecular weight excluding hydrogens is 385 g/mol. The third-order valence-electron chi connectivity index (χ3n) is 4.55. The standard InChI is InChI=1S/C22H16FN5O2/c1-13-2-4-16(26-22-28-18-10-15(23)3-5-19(18)29-22)11-17(13)27-21-25-12-20(30-21)14-6-8-24-9-7-14/h2-12H,1H3,(H,25,27)(H,26,28). The fourth-order valence-corrected chi connectivity index (χ4v) is 3.01. The monoisotopic (exact) mass is 401 g/mol. The van der Waals surface area contributed by atoms with Gasteiger partial charge in [0.15, 0.2) is 11.3 Å². The molecular formula is C22H16FN5O2. The Hall–Kier alpha value is -4.20. The lowest BCUT2D eigenvalue weighted by Crippen LogP contribution is -1.96. The molecule has 0 saturated heterocycles. The van der Waals surface area contributed by atoms with Gasteiger partial charge in [-0.2, -0.15) is 4.98 Å². The molecule has 2 N–H and O–H groups in total. The lowest BCUT2D eigenvalue weighted by molar-refractivity contribution is 0.592. The third-order valence-corrected chi connectivity index (χ3v) is 4.55. The summed E-state index contributed by atoms with van der Waals surface area (Å²) in [6.45, 7) is 1.97. The minimum Gasteiger partial charge on any atom is -0.423 e. The van der Waals surface area contributed by atoms with Crippen molar-refractivity contribution in [2.45, 2.75) is 6.92 Å². The van der Waals surface area contributed by atoms with Crippen molar-refractivity contribution in [3.05, 3.63) is 78.5 Å². The molecule has 5 rings (SSSR count). The van der Waals surface area contributed by atoms with Crippen LogP contribution in [0.4, 0.5) is 27.8 Å². The van der Waals surface area contributed by atoms with Crippen LogP contribution in [0.1, 0.15) is 5.56 Å². The van der Waals surface area contributed by atoms with Crippen molar-refractivity contribution in [2.24, 2.45) is 0 Å². The Morgan fingerprint density at radius 3 is 2.63 bits per heavy atom. The zero-order chi connectivity index (χ0) is 20.5. The number of hydrogen-bond donors (Lipinski definition) is 2. The second kappa shape index (κ2) is 7.32. The van der Waals surface area contributed by atoms with E-state index in [0.717, 1.165) is 22.5 Å². The Morgan fingerprint density at radius 1 is 0.900 bits per heavy atom. The summed E-state index contributed by atoms with van der Waals surface area (Å²) in [6.07, 6.45) is 5.06. The lowest BCUT2D eigenvalue weighted by Gasteiger charge is -2.09. The molecule has 0 bridgehead atoms. The summed E-state index contributed by atoms with van der Waals surface area (Å²) >= 11 is 0. The topological polar surface area (TPSA) is 89.0 Å². The molecule has 3 heterocycles. The van der Waals surface area contributed by atoms with E-state index in [9.17, 15) is 4.39 Å². The smallest absolute Gasteiger partial charge is 0.300 e.